The molecular formula is C6H10O4S3. The van der Waals surface area contributed by atoms with Crippen LogP contribution in [0.5, 0.6) is 0 Å². The van der Waals surface area contributed by atoms with E-state index in [-0.39, 0.29) is 18.1 Å². The molecule has 0 aromatic heterocycles. The van der Waals surface area contributed by atoms with Crippen molar-refractivity contribution in [1.29, 1.82) is 0 Å². The van der Waals surface area contributed by atoms with Gasteiger partial charge in [0.25, 0.3) is 0 Å². The van der Waals surface area contributed by atoms with Crippen LogP contribution in [0.25, 0.3) is 0 Å². The molecule has 0 N–H and O–H groups in total. The van der Waals surface area contributed by atoms with Crippen LogP contribution in [0.1, 0.15) is 0 Å². The lowest BCUT2D eigenvalue weighted by Gasteiger charge is -2.11. The molecule has 0 aromatic rings. The number of carbonyl (C=O) groups excluding carboxylic acids is 2. The van der Waals surface area contributed by atoms with Crippen LogP contribution in [-0.4, -0.2) is 35.5 Å². The first-order valence-corrected chi connectivity index (χ1v) is 5.13. The largest absolute Gasteiger partial charge is 0.460 e. The van der Waals surface area contributed by atoms with E-state index in [1.807, 2.05) is 0 Å². The van der Waals surface area contributed by atoms with Crippen molar-refractivity contribution in [3.8, 4) is 0 Å². The Hall–Kier alpha value is -0.0100. The molecular weight excluding hydrogens is 232 g/mol. The van der Waals surface area contributed by atoms with Crippen LogP contribution in [0.4, 0.5) is 0 Å². The zero-order valence-corrected chi connectivity index (χ0v) is 9.36. The van der Waals surface area contributed by atoms with Gasteiger partial charge in [-0.25, -0.2) is 0 Å². The van der Waals surface area contributed by atoms with Gasteiger partial charge in [-0.3, -0.25) is 9.59 Å². The van der Waals surface area contributed by atoms with Gasteiger partial charge in [0.15, 0.2) is 5.44 Å². The Morgan fingerprint density at radius 2 is 1.69 bits per heavy atom. The molecule has 1 atom stereocenters. The SMILES string of the molecule is O=C(CS)OCC(S)OC(=O)CS. The number of thiol groups is 3. The molecule has 0 radical (unpaired) electrons. The summed E-state index contributed by atoms with van der Waals surface area (Å²) in [5.74, 6) is -1.03. The molecule has 0 saturated heterocycles. The molecule has 0 aliphatic carbocycles. The molecule has 0 rings (SSSR count). The minimum atomic E-state index is -0.747. The number of hydrogen-bond acceptors (Lipinski definition) is 7. The lowest BCUT2D eigenvalue weighted by Crippen LogP contribution is -2.21. The smallest absolute Gasteiger partial charge is 0.316 e. The highest BCUT2D eigenvalue weighted by Crippen LogP contribution is 2.00. The van der Waals surface area contributed by atoms with E-state index >= 15 is 0 Å². The second-order valence-electron chi connectivity index (χ2n) is 1.94. The van der Waals surface area contributed by atoms with Crippen LogP contribution in [0, 0.1) is 0 Å². The van der Waals surface area contributed by atoms with E-state index in [0.717, 1.165) is 0 Å². The van der Waals surface area contributed by atoms with E-state index in [2.05, 4.69) is 47.4 Å². The summed E-state index contributed by atoms with van der Waals surface area (Å²) in [7, 11) is 0. The molecule has 76 valence electrons. The zero-order valence-electron chi connectivity index (χ0n) is 6.67. The molecule has 0 amide bonds. The Bertz CT molecular complexity index is 185. The number of rotatable bonds is 5. The highest BCUT2D eigenvalue weighted by molar-refractivity contribution is 7.81. The first-order valence-electron chi connectivity index (χ1n) is 3.35. The molecule has 0 fully saturated rings. The summed E-state index contributed by atoms with van der Waals surface area (Å²) >= 11 is 11.2. The van der Waals surface area contributed by atoms with Crippen molar-refractivity contribution in [1.82, 2.24) is 0 Å². The number of esters is 2. The highest BCUT2D eigenvalue weighted by atomic mass is 32.1. The molecule has 7 heteroatoms. The maximum atomic E-state index is 10.6. The predicted octanol–water partition coefficient (Wildman–Crippen LogP) is 0.188. The fourth-order valence-electron chi connectivity index (χ4n) is 0.433. The van der Waals surface area contributed by atoms with Crippen LogP contribution in [0.15, 0.2) is 0 Å². The summed E-state index contributed by atoms with van der Waals surface area (Å²) in [4.78, 5) is 21.2. The van der Waals surface area contributed by atoms with Crippen LogP contribution in [0.2, 0.25) is 0 Å². The maximum Gasteiger partial charge on any atom is 0.316 e. The average molecular weight is 242 g/mol. The van der Waals surface area contributed by atoms with Crippen molar-refractivity contribution in [2.75, 3.05) is 18.1 Å². The third-order valence-electron chi connectivity index (χ3n) is 0.913. The average Bonchev–Trinajstić information content (AvgIpc) is 2.13. The Morgan fingerprint density at radius 1 is 1.15 bits per heavy atom. The minimum Gasteiger partial charge on any atom is -0.460 e. The highest BCUT2D eigenvalue weighted by Gasteiger charge is 2.10. The van der Waals surface area contributed by atoms with Crippen molar-refractivity contribution in [2.24, 2.45) is 0 Å². The summed E-state index contributed by atoms with van der Waals surface area (Å²) < 4.78 is 9.25. The lowest BCUT2D eigenvalue weighted by atomic mass is 10.7. The van der Waals surface area contributed by atoms with Gasteiger partial charge in [-0.15, -0.1) is 12.6 Å². The predicted molar refractivity (Wildman–Crippen MR) is 57.5 cm³/mol. The van der Waals surface area contributed by atoms with Gasteiger partial charge in [0.1, 0.15) is 6.61 Å². The van der Waals surface area contributed by atoms with Gasteiger partial charge in [-0.1, -0.05) is 0 Å². The fraction of sp³-hybridized carbons (Fsp3) is 0.667. The summed E-state index contributed by atoms with van der Waals surface area (Å²) in [6.45, 7) is -0.0813. The zero-order chi connectivity index (χ0) is 10.3. The Morgan fingerprint density at radius 3 is 2.15 bits per heavy atom. The van der Waals surface area contributed by atoms with E-state index in [1.165, 1.54) is 0 Å². The van der Waals surface area contributed by atoms with E-state index < -0.39 is 17.4 Å². The number of carbonyl (C=O) groups is 2. The normalized spacial score (nSPS) is 11.9. The van der Waals surface area contributed by atoms with Crippen molar-refractivity contribution in [3.05, 3.63) is 0 Å². The molecule has 0 saturated carbocycles. The topological polar surface area (TPSA) is 52.6 Å². The molecule has 4 nitrogen and oxygen atoms in total. The first-order chi connectivity index (χ1) is 6.10. The van der Waals surface area contributed by atoms with Crippen LogP contribution < -0.4 is 0 Å². The second-order valence-corrected chi connectivity index (χ2v) is 3.15. The van der Waals surface area contributed by atoms with Crippen LogP contribution >= 0.6 is 37.9 Å². The van der Waals surface area contributed by atoms with Gasteiger partial charge in [0.2, 0.25) is 0 Å². The van der Waals surface area contributed by atoms with E-state index in [1.54, 1.807) is 0 Å². The molecule has 0 aliphatic rings. The van der Waals surface area contributed by atoms with Crippen LogP contribution in [0.3, 0.4) is 0 Å². The quantitative estimate of drug-likeness (QED) is 0.366. The molecule has 0 spiro atoms. The summed E-state index contributed by atoms with van der Waals surface area (Å²) in [6, 6.07) is 0. The standard InChI is InChI=1S/C6H10O4S3/c7-4(2-11)9-1-6(13)10-5(8)3-12/h6,11-13H,1-3H2. The summed E-state index contributed by atoms with van der Waals surface area (Å²) in [5, 5.41) is 0. The van der Waals surface area contributed by atoms with Gasteiger partial charge < -0.3 is 9.47 Å². The monoisotopic (exact) mass is 242 g/mol. The summed E-state index contributed by atoms with van der Waals surface area (Å²) in [6.07, 6.45) is 0. The third kappa shape index (κ3) is 7.09. The number of ether oxygens (including phenoxy) is 2. The number of hydrogen-bond donors (Lipinski definition) is 3. The molecule has 0 bridgehead atoms. The van der Waals surface area contributed by atoms with Gasteiger partial charge >= 0.3 is 11.9 Å². The third-order valence-corrected chi connectivity index (χ3v) is 1.68. The maximum absolute atomic E-state index is 10.6. The van der Waals surface area contributed by atoms with Gasteiger partial charge in [-0.2, -0.15) is 25.3 Å². The fourth-order valence-corrected chi connectivity index (χ4v) is 0.791. The van der Waals surface area contributed by atoms with Crippen molar-refractivity contribution in [3.63, 3.8) is 0 Å². The Kier molecular flexibility index (Phi) is 7.39. The molecule has 0 aromatic carbocycles. The van der Waals surface area contributed by atoms with Crippen molar-refractivity contribution < 1.29 is 19.1 Å². The Balaban J connectivity index is 3.56. The summed E-state index contributed by atoms with van der Waals surface area (Å²) in [5.41, 5.74) is -0.747. The van der Waals surface area contributed by atoms with E-state index in [4.69, 9.17) is 0 Å². The lowest BCUT2D eigenvalue weighted by molar-refractivity contribution is -0.150. The molecule has 0 aliphatic heterocycles. The van der Waals surface area contributed by atoms with E-state index in [0.29, 0.717) is 0 Å². The van der Waals surface area contributed by atoms with Gasteiger partial charge in [0, 0.05) is 0 Å². The van der Waals surface area contributed by atoms with Crippen LogP contribution in [-0.2, 0) is 19.1 Å². The molecule has 0 heterocycles. The van der Waals surface area contributed by atoms with E-state index in [9.17, 15) is 9.59 Å². The second kappa shape index (κ2) is 7.40. The van der Waals surface area contributed by atoms with Gasteiger partial charge in [0.05, 0.1) is 11.5 Å². The molecule has 1 unspecified atom stereocenters. The van der Waals surface area contributed by atoms with Crippen molar-refractivity contribution >= 4 is 49.8 Å². The minimum absolute atomic E-state index is 0.0129. The van der Waals surface area contributed by atoms with Gasteiger partial charge in [-0.05, 0) is 0 Å². The Labute approximate surface area is 92.6 Å². The molecule has 13 heavy (non-hydrogen) atoms. The van der Waals surface area contributed by atoms with Crippen molar-refractivity contribution in [2.45, 2.75) is 5.44 Å². The first kappa shape index (κ1) is 13.0.